The Bertz CT molecular complexity index is 353. The maximum Gasteiger partial charge on any atom is 0.255 e. The van der Waals surface area contributed by atoms with E-state index in [9.17, 15) is 15.0 Å². The summed E-state index contributed by atoms with van der Waals surface area (Å²) >= 11 is 0. The number of carbonyl (C=O) groups is 1. The number of nitrogens with one attached hydrogen (secondary N) is 2. The highest BCUT2D eigenvalue weighted by atomic mass is 16.3. The predicted molar refractivity (Wildman–Crippen MR) is 56.0 cm³/mol. The Morgan fingerprint density at radius 2 is 2.07 bits per heavy atom. The monoisotopic (exact) mass is 210 g/mol. The van der Waals surface area contributed by atoms with Gasteiger partial charge in [-0.2, -0.15) is 0 Å². The van der Waals surface area contributed by atoms with E-state index < -0.39 is 5.91 Å². The van der Waals surface area contributed by atoms with Crippen LogP contribution in [0.2, 0.25) is 0 Å². The van der Waals surface area contributed by atoms with Crippen molar-refractivity contribution in [1.82, 2.24) is 10.6 Å². The highest BCUT2D eigenvalue weighted by Gasteiger charge is 2.12. The van der Waals surface area contributed by atoms with E-state index in [1.165, 1.54) is 18.2 Å². The number of carbonyl (C=O) groups excluding carboxylic acids is 1. The quantitative estimate of drug-likeness (QED) is 0.418. The highest BCUT2D eigenvalue weighted by Crippen LogP contribution is 2.27. The first-order valence-electron chi connectivity index (χ1n) is 4.60. The van der Waals surface area contributed by atoms with Gasteiger partial charge in [0.25, 0.3) is 5.91 Å². The zero-order valence-corrected chi connectivity index (χ0v) is 8.45. The molecule has 0 aliphatic rings. The van der Waals surface area contributed by atoms with Crippen LogP contribution in [0.3, 0.4) is 0 Å². The third-order valence-corrected chi connectivity index (χ3v) is 1.92. The van der Waals surface area contributed by atoms with E-state index in [1.54, 1.807) is 7.05 Å². The molecule has 0 unspecified atom stereocenters. The van der Waals surface area contributed by atoms with Crippen LogP contribution in [0.4, 0.5) is 0 Å². The van der Waals surface area contributed by atoms with Crippen LogP contribution in [-0.2, 0) is 0 Å². The molecule has 0 saturated heterocycles. The summed E-state index contributed by atoms with van der Waals surface area (Å²) in [5.74, 6) is -1.09. The minimum absolute atomic E-state index is 0.0751. The molecular weight excluding hydrogens is 196 g/mol. The zero-order valence-electron chi connectivity index (χ0n) is 8.45. The Morgan fingerprint density at radius 1 is 1.33 bits per heavy atom. The van der Waals surface area contributed by atoms with E-state index in [0.29, 0.717) is 13.1 Å². The molecule has 5 nitrogen and oxygen atoms in total. The van der Waals surface area contributed by atoms with Crippen LogP contribution in [0, 0.1) is 0 Å². The fraction of sp³-hybridized carbons (Fsp3) is 0.300. The first-order chi connectivity index (χ1) is 7.16. The molecule has 1 aromatic rings. The molecule has 0 aliphatic carbocycles. The molecule has 5 heteroatoms. The molecule has 0 spiro atoms. The predicted octanol–water partition coefficient (Wildman–Crippen LogP) is 0.0470. The lowest BCUT2D eigenvalue weighted by molar-refractivity contribution is 0.0951. The molecule has 82 valence electrons. The van der Waals surface area contributed by atoms with Crippen molar-refractivity contribution < 1.29 is 15.0 Å². The Hall–Kier alpha value is -1.75. The molecule has 0 aromatic heterocycles. The van der Waals surface area contributed by atoms with Gasteiger partial charge in [-0.1, -0.05) is 6.07 Å². The van der Waals surface area contributed by atoms with Crippen LogP contribution in [0.15, 0.2) is 18.2 Å². The van der Waals surface area contributed by atoms with Crippen LogP contribution in [0.5, 0.6) is 11.5 Å². The average Bonchev–Trinajstić information content (AvgIpc) is 2.22. The molecule has 0 radical (unpaired) electrons. The van der Waals surface area contributed by atoms with Crippen LogP contribution in [0.1, 0.15) is 10.4 Å². The topological polar surface area (TPSA) is 81.6 Å². The largest absolute Gasteiger partial charge is 0.504 e. The maximum absolute atomic E-state index is 11.5. The number of amides is 1. The van der Waals surface area contributed by atoms with E-state index in [2.05, 4.69) is 10.6 Å². The third kappa shape index (κ3) is 2.85. The Balaban J connectivity index is 2.69. The molecule has 0 atom stereocenters. The van der Waals surface area contributed by atoms with Gasteiger partial charge >= 0.3 is 0 Å². The number of para-hydroxylation sites is 1. The summed E-state index contributed by atoms with van der Waals surface area (Å²) in [6, 6.07) is 4.27. The van der Waals surface area contributed by atoms with Gasteiger partial charge in [-0.05, 0) is 19.2 Å². The van der Waals surface area contributed by atoms with Crippen molar-refractivity contribution >= 4 is 5.91 Å². The Kier molecular flexibility index (Phi) is 3.93. The molecule has 4 N–H and O–H groups in total. The molecule has 1 amide bonds. The van der Waals surface area contributed by atoms with E-state index in [4.69, 9.17) is 0 Å². The second-order valence-electron chi connectivity index (χ2n) is 3.03. The van der Waals surface area contributed by atoms with Gasteiger partial charge < -0.3 is 20.8 Å². The lowest BCUT2D eigenvalue weighted by atomic mass is 10.1. The SMILES string of the molecule is CNCCNC(=O)c1cccc(O)c1O. The van der Waals surface area contributed by atoms with Gasteiger partial charge in [-0.25, -0.2) is 0 Å². The molecule has 0 bridgehead atoms. The van der Waals surface area contributed by atoms with Gasteiger partial charge in [0.15, 0.2) is 11.5 Å². The van der Waals surface area contributed by atoms with Crippen LogP contribution >= 0.6 is 0 Å². The number of hydrogen-bond donors (Lipinski definition) is 4. The fourth-order valence-electron chi connectivity index (χ4n) is 1.11. The minimum atomic E-state index is -0.404. The standard InChI is InChI=1S/C10H14N2O3/c1-11-5-6-12-10(15)7-3-2-4-8(13)9(7)14/h2-4,11,13-14H,5-6H2,1H3,(H,12,15). The number of phenolic OH excluding ortho intramolecular Hbond substituents is 2. The third-order valence-electron chi connectivity index (χ3n) is 1.92. The molecule has 1 aromatic carbocycles. The van der Waals surface area contributed by atoms with Crippen molar-refractivity contribution in [3.05, 3.63) is 23.8 Å². The van der Waals surface area contributed by atoms with E-state index >= 15 is 0 Å². The van der Waals surface area contributed by atoms with Crippen molar-refractivity contribution in [1.29, 1.82) is 0 Å². The summed E-state index contributed by atoms with van der Waals surface area (Å²) in [7, 11) is 1.78. The van der Waals surface area contributed by atoms with Crippen molar-refractivity contribution in [2.75, 3.05) is 20.1 Å². The van der Waals surface area contributed by atoms with Crippen molar-refractivity contribution in [2.24, 2.45) is 0 Å². The molecule has 0 aliphatic heterocycles. The number of phenols is 2. The van der Waals surface area contributed by atoms with Gasteiger partial charge in [-0.3, -0.25) is 4.79 Å². The van der Waals surface area contributed by atoms with Crippen molar-refractivity contribution in [3.8, 4) is 11.5 Å². The normalized spacial score (nSPS) is 9.93. The Labute approximate surface area is 87.7 Å². The summed E-state index contributed by atoms with van der Waals surface area (Å²) < 4.78 is 0. The number of benzene rings is 1. The Morgan fingerprint density at radius 3 is 2.73 bits per heavy atom. The van der Waals surface area contributed by atoms with Crippen LogP contribution in [0.25, 0.3) is 0 Å². The van der Waals surface area contributed by atoms with Gasteiger partial charge in [0.2, 0.25) is 0 Å². The highest BCUT2D eigenvalue weighted by molar-refractivity contribution is 5.97. The molecule has 0 saturated carbocycles. The second-order valence-corrected chi connectivity index (χ2v) is 3.03. The fourth-order valence-corrected chi connectivity index (χ4v) is 1.11. The summed E-state index contributed by atoms with van der Waals surface area (Å²) in [6.45, 7) is 1.11. The molecule has 0 heterocycles. The van der Waals surface area contributed by atoms with Gasteiger partial charge in [0.05, 0.1) is 5.56 Å². The minimum Gasteiger partial charge on any atom is -0.504 e. The lowest BCUT2D eigenvalue weighted by Crippen LogP contribution is -2.30. The smallest absolute Gasteiger partial charge is 0.255 e. The zero-order chi connectivity index (χ0) is 11.3. The van der Waals surface area contributed by atoms with Gasteiger partial charge in [0, 0.05) is 13.1 Å². The first kappa shape index (κ1) is 11.3. The van der Waals surface area contributed by atoms with E-state index in [1.807, 2.05) is 0 Å². The van der Waals surface area contributed by atoms with E-state index in [0.717, 1.165) is 0 Å². The van der Waals surface area contributed by atoms with Gasteiger partial charge in [0.1, 0.15) is 0 Å². The van der Waals surface area contributed by atoms with Gasteiger partial charge in [-0.15, -0.1) is 0 Å². The number of hydrogen-bond acceptors (Lipinski definition) is 4. The summed E-state index contributed by atoms with van der Waals surface area (Å²) in [4.78, 5) is 11.5. The van der Waals surface area contributed by atoms with Crippen molar-refractivity contribution in [3.63, 3.8) is 0 Å². The lowest BCUT2D eigenvalue weighted by Gasteiger charge is -2.07. The number of aromatic hydroxyl groups is 2. The van der Waals surface area contributed by atoms with Crippen LogP contribution in [-0.4, -0.2) is 36.3 Å². The van der Waals surface area contributed by atoms with Crippen LogP contribution < -0.4 is 10.6 Å². The first-order valence-corrected chi connectivity index (χ1v) is 4.60. The molecular formula is C10H14N2O3. The summed E-state index contributed by atoms with van der Waals surface area (Å²) in [5.41, 5.74) is 0.0751. The molecule has 0 fully saturated rings. The maximum atomic E-state index is 11.5. The van der Waals surface area contributed by atoms with Crippen molar-refractivity contribution in [2.45, 2.75) is 0 Å². The molecule has 15 heavy (non-hydrogen) atoms. The number of likely N-dealkylation sites (N-methyl/N-ethyl adjacent to an activating group) is 1. The second kappa shape index (κ2) is 5.21. The molecule has 1 rings (SSSR count). The summed E-state index contributed by atoms with van der Waals surface area (Å²) in [6.07, 6.45) is 0. The summed E-state index contributed by atoms with van der Waals surface area (Å²) in [5, 5.41) is 24.0. The van der Waals surface area contributed by atoms with E-state index in [-0.39, 0.29) is 17.1 Å². The average molecular weight is 210 g/mol. The number of rotatable bonds is 4.